The normalized spacial score (nSPS) is 24.8. The molecule has 0 aromatic heterocycles. The zero-order valence-electron chi connectivity index (χ0n) is 11.2. The van der Waals surface area contributed by atoms with E-state index >= 15 is 0 Å². The maximum atomic E-state index is 13.0. The van der Waals surface area contributed by atoms with Crippen LogP contribution in [0.5, 0.6) is 0 Å². The van der Waals surface area contributed by atoms with E-state index in [2.05, 4.69) is 0 Å². The summed E-state index contributed by atoms with van der Waals surface area (Å²) in [6.07, 6.45) is 0. The van der Waals surface area contributed by atoms with Crippen LogP contribution in [0.3, 0.4) is 0 Å². The summed E-state index contributed by atoms with van der Waals surface area (Å²) >= 11 is 0. The fourth-order valence-electron chi connectivity index (χ4n) is 2.87. The minimum atomic E-state index is -3.49. The number of aliphatic hydroxyl groups excluding tert-OH is 1. The highest BCUT2D eigenvalue weighted by Gasteiger charge is 2.58. The van der Waals surface area contributed by atoms with Crippen molar-refractivity contribution in [3.63, 3.8) is 0 Å². The molecule has 0 amide bonds. The lowest BCUT2D eigenvalue weighted by Crippen LogP contribution is -2.11. The first kappa shape index (κ1) is 14.2. The molecule has 110 valence electrons. The number of rotatable bonds is 4. The zero-order chi connectivity index (χ0) is 15.0. The lowest BCUT2D eigenvalue weighted by Gasteiger charge is -2.04. The van der Waals surface area contributed by atoms with Gasteiger partial charge in [0.1, 0.15) is 5.82 Å². The third kappa shape index (κ3) is 2.47. The molecule has 1 fully saturated rings. The Kier molecular flexibility index (Phi) is 3.55. The molecule has 1 saturated carbocycles. The summed E-state index contributed by atoms with van der Waals surface area (Å²) in [5.41, 5.74) is 0.750. The van der Waals surface area contributed by atoms with Crippen molar-refractivity contribution in [3.8, 4) is 0 Å². The van der Waals surface area contributed by atoms with Crippen LogP contribution in [-0.2, 0) is 9.84 Å². The molecular formula is C16H15FO3S. The van der Waals surface area contributed by atoms with Crippen molar-refractivity contribution in [1.82, 2.24) is 0 Å². The second-order valence-electron chi connectivity index (χ2n) is 5.25. The van der Waals surface area contributed by atoms with Gasteiger partial charge in [-0.05, 0) is 29.8 Å². The lowest BCUT2D eigenvalue weighted by atomic mass is 10.1. The minimum Gasteiger partial charge on any atom is -0.396 e. The Labute approximate surface area is 123 Å². The van der Waals surface area contributed by atoms with Gasteiger partial charge in [-0.1, -0.05) is 30.3 Å². The third-order valence-electron chi connectivity index (χ3n) is 3.99. The standard InChI is InChI=1S/C16H15FO3S/c17-12-8-6-11(7-9-12)15-14(10-18)16(15)21(19,20)13-4-2-1-3-5-13/h1-9,14-16,18H,10H2/t14-,15-,16-/m1/s1. The molecule has 0 bridgehead atoms. The number of benzene rings is 2. The van der Waals surface area contributed by atoms with Crippen molar-refractivity contribution >= 4 is 9.84 Å². The molecule has 0 spiro atoms. The molecule has 0 radical (unpaired) electrons. The topological polar surface area (TPSA) is 54.4 Å². The van der Waals surface area contributed by atoms with Gasteiger partial charge in [0.05, 0.1) is 10.1 Å². The van der Waals surface area contributed by atoms with Crippen LogP contribution in [0.2, 0.25) is 0 Å². The summed E-state index contributed by atoms with van der Waals surface area (Å²) in [7, 11) is -3.49. The van der Waals surface area contributed by atoms with E-state index in [9.17, 15) is 17.9 Å². The largest absolute Gasteiger partial charge is 0.396 e. The quantitative estimate of drug-likeness (QED) is 0.943. The molecule has 3 rings (SSSR count). The van der Waals surface area contributed by atoms with Gasteiger partial charge in [-0.25, -0.2) is 12.8 Å². The average Bonchev–Trinajstić information content (AvgIpc) is 3.24. The highest BCUT2D eigenvalue weighted by atomic mass is 32.2. The van der Waals surface area contributed by atoms with Crippen molar-refractivity contribution in [2.45, 2.75) is 16.1 Å². The van der Waals surface area contributed by atoms with Crippen LogP contribution in [-0.4, -0.2) is 25.4 Å². The van der Waals surface area contributed by atoms with E-state index in [4.69, 9.17) is 0 Å². The van der Waals surface area contributed by atoms with Crippen molar-refractivity contribution < 1.29 is 17.9 Å². The molecule has 2 aromatic rings. The number of aliphatic hydroxyl groups is 1. The lowest BCUT2D eigenvalue weighted by molar-refractivity contribution is 0.274. The number of hydrogen-bond donors (Lipinski definition) is 1. The van der Waals surface area contributed by atoms with Gasteiger partial charge in [-0.15, -0.1) is 0 Å². The Morgan fingerprint density at radius 1 is 1.00 bits per heavy atom. The maximum Gasteiger partial charge on any atom is 0.182 e. The van der Waals surface area contributed by atoms with Crippen LogP contribution in [0, 0.1) is 11.7 Å². The van der Waals surface area contributed by atoms with Crippen LogP contribution < -0.4 is 0 Å². The van der Waals surface area contributed by atoms with Gasteiger partial charge in [0.25, 0.3) is 0 Å². The predicted octanol–water partition coefficient (Wildman–Crippen LogP) is 2.37. The van der Waals surface area contributed by atoms with E-state index in [1.165, 1.54) is 12.1 Å². The van der Waals surface area contributed by atoms with E-state index in [0.29, 0.717) is 0 Å². The zero-order valence-corrected chi connectivity index (χ0v) is 12.0. The van der Waals surface area contributed by atoms with Crippen LogP contribution in [0.15, 0.2) is 59.5 Å². The molecule has 0 aliphatic heterocycles. The predicted molar refractivity (Wildman–Crippen MR) is 77.1 cm³/mol. The van der Waals surface area contributed by atoms with Crippen LogP contribution in [0.1, 0.15) is 11.5 Å². The fraction of sp³-hybridized carbons (Fsp3) is 0.250. The molecule has 0 heterocycles. The van der Waals surface area contributed by atoms with Gasteiger partial charge >= 0.3 is 0 Å². The molecular weight excluding hydrogens is 291 g/mol. The summed E-state index contributed by atoms with van der Waals surface area (Å²) in [5.74, 6) is -0.969. The fourth-order valence-corrected chi connectivity index (χ4v) is 5.09. The van der Waals surface area contributed by atoms with Crippen LogP contribution in [0.4, 0.5) is 4.39 Å². The van der Waals surface area contributed by atoms with Crippen molar-refractivity contribution in [3.05, 3.63) is 66.0 Å². The first-order chi connectivity index (χ1) is 10.1. The summed E-state index contributed by atoms with van der Waals surface area (Å²) < 4.78 is 38.2. The van der Waals surface area contributed by atoms with Gasteiger partial charge < -0.3 is 5.11 Å². The Bertz CT molecular complexity index is 726. The molecule has 1 N–H and O–H groups in total. The monoisotopic (exact) mass is 306 g/mol. The van der Waals surface area contributed by atoms with Gasteiger partial charge in [-0.2, -0.15) is 0 Å². The Morgan fingerprint density at radius 3 is 2.19 bits per heavy atom. The first-order valence-electron chi connectivity index (χ1n) is 6.71. The van der Waals surface area contributed by atoms with Crippen molar-refractivity contribution in [1.29, 1.82) is 0 Å². The van der Waals surface area contributed by atoms with Crippen molar-refractivity contribution in [2.24, 2.45) is 5.92 Å². The Balaban J connectivity index is 1.94. The average molecular weight is 306 g/mol. The van der Waals surface area contributed by atoms with E-state index < -0.39 is 15.1 Å². The SMILES string of the molecule is O=S(=O)(c1ccccc1)[C@@H]1[C@H](CO)[C@H]1c1ccc(F)cc1. The van der Waals surface area contributed by atoms with Gasteiger partial charge in [0.2, 0.25) is 0 Å². The van der Waals surface area contributed by atoms with Gasteiger partial charge in [0.15, 0.2) is 9.84 Å². The van der Waals surface area contributed by atoms with E-state index in [-0.39, 0.29) is 29.2 Å². The number of sulfone groups is 1. The first-order valence-corrected chi connectivity index (χ1v) is 8.25. The van der Waals surface area contributed by atoms with E-state index in [1.54, 1.807) is 42.5 Å². The van der Waals surface area contributed by atoms with Gasteiger partial charge in [0, 0.05) is 18.4 Å². The van der Waals surface area contributed by atoms with E-state index in [0.717, 1.165) is 5.56 Å². The van der Waals surface area contributed by atoms with Crippen LogP contribution >= 0.6 is 0 Å². The molecule has 5 heteroatoms. The molecule has 2 aromatic carbocycles. The molecule has 21 heavy (non-hydrogen) atoms. The maximum absolute atomic E-state index is 13.0. The highest BCUT2D eigenvalue weighted by molar-refractivity contribution is 7.92. The molecule has 0 saturated heterocycles. The summed E-state index contributed by atoms with van der Waals surface area (Å²) in [5, 5.41) is 8.79. The number of hydrogen-bond acceptors (Lipinski definition) is 3. The second kappa shape index (κ2) is 5.24. The highest BCUT2D eigenvalue weighted by Crippen LogP contribution is 2.53. The summed E-state index contributed by atoms with van der Waals surface area (Å²) in [6.45, 7) is -0.196. The second-order valence-corrected chi connectivity index (χ2v) is 7.35. The molecule has 0 unspecified atom stereocenters. The minimum absolute atomic E-state index is 0.196. The van der Waals surface area contributed by atoms with Crippen molar-refractivity contribution in [2.75, 3.05) is 6.61 Å². The Hall–Kier alpha value is -1.72. The number of halogens is 1. The molecule has 3 atom stereocenters. The summed E-state index contributed by atoms with van der Waals surface area (Å²) in [6, 6.07) is 14.0. The molecule has 3 nitrogen and oxygen atoms in total. The van der Waals surface area contributed by atoms with Crippen LogP contribution in [0.25, 0.3) is 0 Å². The van der Waals surface area contributed by atoms with Gasteiger partial charge in [-0.3, -0.25) is 0 Å². The molecule has 1 aliphatic rings. The smallest absolute Gasteiger partial charge is 0.182 e. The van der Waals surface area contributed by atoms with E-state index in [1.807, 2.05) is 0 Å². The summed E-state index contributed by atoms with van der Waals surface area (Å²) in [4.78, 5) is 0.262. The molecule has 1 aliphatic carbocycles. The third-order valence-corrected chi connectivity index (χ3v) is 6.28. The Morgan fingerprint density at radius 2 is 1.62 bits per heavy atom.